The first-order chi connectivity index (χ1) is 9.65. The third kappa shape index (κ3) is 3.74. The van der Waals surface area contributed by atoms with Crippen LogP contribution >= 0.6 is 15.9 Å². The molecule has 0 bridgehead atoms. The lowest BCUT2D eigenvalue weighted by Gasteiger charge is -2.38. The monoisotopic (exact) mass is 340 g/mol. The molecule has 2 atom stereocenters. The fourth-order valence-electron chi connectivity index (χ4n) is 2.71. The van der Waals surface area contributed by atoms with E-state index in [4.69, 9.17) is 10.5 Å². The maximum atomic E-state index is 6.15. The largest absolute Gasteiger partial charge is 0.377 e. The van der Waals surface area contributed by atoms with Crippen LogP contribution in [-0.2, 0) is 11.2 Å². The van der Waals surface area contributed by atoms with Gasteiger partial charge in [0.15, 0.2) is 0 Å². The van der Waals surface area contributed by atoms with Gasteiger partial charge in [-0.1, -0.05) is 35.8 Å². The minimum atomic E-state index is 0.232. The molecule has 1 saturated heterocycles. The van der Waals surface area contributed by atoms with Crippen LogP contribution in [0.5, 0.6) is 0 Å². The molecule has 1 aromatic rings. The number of halogens is 1. The number of morpholine rings is 1. The van der Waals surface area contributed by atoms with E-state index in [1.54, 1.807) is 0 Å². The van der Waals surface area contributed by atoms with Crippen molar-refractivity contribution in [3.8, 4) is 0 Å². The molecule has 2 N–H and O–H groups in total. The minimum absolute atomic E-state index is 0.232. The highest BCUT2D eigenvalue weighted by Gasteiger charge is 2.24. The van der Waals surface area contributed by atoms with Gasteiger partial charge in [0.05, 0.1) is 19.3 Å². The number of benzene rings is 1. The topological polar surface area (TPSA) is 38.5 Å². The van der Waals surface area contributed by atoms with Gasteiger partial charge in [-0.2, -0.15) is 0 Å². The number of anilines is 1. The summed E-state index contributed by atoms with van der Waals surface area (Å²) in [7, 11) is 0. The van der Waals surface area contributed by atoms with Crippen molar-refractivity contribution < 1.29 is 4.74 Å². The van der Waals surface area contributed by atoms with E-state index in [2.05, 4.69) is 52.9 Å². The first kappa shape index (κ1) is 15.8. The summed E-state index contributed by atoms with van der Waals surface area (Å²) >= 11 is 3.60. The summed E-state index contributed by atoms with van der Waals surface area (Å²) in [5, 5.41) is 0. The second-order valence-corrected chi connectivity index (χ2v) is 6.39. The third-order valence-corrected chi connectivity index (χ3v) is 4.56. The van der Waals surface area contributed by atoms with E-state index < -0.39 is 0 Å². The second kappa shape index (κ2) is 7.43. The van der Waals surface area contributed by atoms with Crippen LogP contribution in [-0.4, -0.2) is 31.8 Å². The van der Waals surface area contributed by atoms with Crippen molar-refractivity contribution in [3.63, 3.8) is 0 Å². The highest BCUT2D eigenvalue weighted by Crippen LogP contribution is 2.29. The molecule has 4 heteroatoms. The van der Waals surface area contributed by atoms with E-state index in [0.717, 1.165) is 43.5 Å². The molecule has 1 aliphatic rings. The smallest absolute Gasteiger partial charge is 0.0670 e. The molecule has 0 aromatic heterocycles. The maximum absolute atomic E-state index is 6.15. The highest BCUT2D eigenvalue weighted by atomic mass is 79.9. The van der Waals surface area contributed by atoms with E-state index in [1.165, 1.54) is 11.3 Å². The summed E-state index contributed by atoms with van der Waals surface area (Å²) in [6.07, 6.45) is 3.05. The summed E-state index contributed by atoms with van der Waals surface area (Å²) in [6.45, 7) is 6.96. The van der Waals surface area contributed by atoms with Crippen molar-refractivity contribution in [1.82, 2.24) is 0 Å². The van der Waals surface area contributed by atoms with Gasteiger partial charge in [0, 0.05) is 22.7 Å². The quantitative estimate of drug-likeness (QED) is 0.893. The van der Waals surface area contributed by atoms with E-state index >= 15 is 0 Å². The standard InChI is InChI=1S/C16H25BrN2O/c1-3-14(18)9-12-5-6-13(17)10-16(12)19-7-8-20-11-15(19)4-2/h5-6,10,14-15H,3-4,7-9,11,18H2,1-2H3. The summed E-state index contributed by atoms with van der Waals surface area (Å²) in [4.78, 5) is 2.49. The summed E-state index contributed by atoms with van der Waals surface area (Å²) in [5.74, 6) is 0. The fraction of sp³-hybridized carbons (Fsp3) is 0.625. The lowest BCUT2D eigenvalue weighted by molar-refractivity contribution is 0.0929. The van der Waals surface area contributed by atoms with Crippen molar-refractivity contribution >= 4 is 21.6 Å². The van der Waals surface area contributed by atoms with Crippen LogP contribution in [0.2, 0.25) is 0 Å². The van der Waals surface area contributed by atoms with Crippen LogP contribution in [0.1, 0.15) is 32.3 Å². The molecular weight excluding hydrogens is 316 g/mol. The fourth-order valence-corrected chi connectivity index (χ4v) is 3.06. The average molecular weight is 341 g/mol. The zero-order valence-electron chi connectivity index (χ0n) is 12.4. The molecular formula is C16H25BrN2O. The molecule has 0 saturated carbocycles. The van der Waals surface area contributed by atoms with E-state index in [0.29, 0.717) is 6.04 Å². The lowest BCUT2D eigenvalue weighted by atomic mass is 10.0. The normalized spacial score (nSPS) is 21.0. The number of rotatable bonds is 5. The van der Waals surface area contributed by atoms with Crippen LogP contribution in [0.3, 0.4) is 0 Å². The van der Waals surface area contributed by atoms with Gasteiger partial charge in [-0.05, 0) is 37.0 Å². The predicted octanol–water partition coefficient (Wildman–Crippen LogP) is 3.34. The average Bonchev–Trinajstić information content (AvgIpc) is 2.48. The molecule has 2 rings (SSSR count). The molecule has 1 fully saturated rings. The van der Waals surface area contributed by atoms with Crippen LogP contribution in [0, 0.1) is 0 Å². The number of hydrogen-bond donors (Lipinski definition) is 1. The molecule has 2 unspecified atom stereocenters. The Morgan fingerprint density at radius 3 is 2.95 bits per heavy atom. The Kier molecular flexibility index (Phi) is 5.87. The molecule has 1 aromatic carbocycles. The van der Waals surface area contributed by atoms with Crippen LogP contribution in [0.15, 0.2) is 22.7 Å². The Hall–Kier alpha value is -0.580. The second-order valence-electron chi connectivity index (χ2n) is 5.48. The number of nitrogens with two attached hydrogens (primary N) is 1. The minimum Gasteiger partial charge on any atom is -0.377 e. The molecule has 112 valence electrons. The van der Waals surface area contributed by atoms with Gasteiger partial charge in [0.25, 0.3) is 0 Å². The third-order valence-electron chi connectivity index (χ3n) is 4.06. The SMILES string of the molecule is CCC(N)Cc1ccc(Br)cc1N1CCOCC1CC. The highest BCUT2D eigenvalue weighted by molar-refractivity contribution is 9.10. The van der Waals surface area contributed by atoms with Gasteiger partial charge in [-0.3, -0.25) is 0 Å². The Balaban J connectivity index is 2.29. The zero-order valence-corrected chi connectivity index (χ0v) is 14.0. The Bertz CT molecular complexity index is 438. The lowest BCUT2D eigenvalue weighted by Crippen LogP contribution is -2.45. The number of ether oxygens (including phenoxy) is 1. The molecule has 0 amide bonds. The van der Waals surface area contributed by atoms with Crippen molar-refractivity contribution in [2.24, 2.45) is 5.73 Å². The molecule has 0 spiro atoms. The first-order valence-corrected chi connectivity index (χ1v) is 8.33. The van der Waals surface area contributed by atoms with Crippen molar-refractivity contribution in [2.45, 2.75) is 45.2 Å². The van der Waals surface area contributed by atoms with E-state index in [1.807, 2.05) is 0 Å². The van der Waals surface area contributed by atoms with Crippen LogP contribution in [0.25, 0.3) is 0 Å². The molecule has 1 aliphatic heterocycles. The van der Waals surface area contributed by atoms with Crippen LogP contribution < -0.4 is 10.6 Å². The molecule has 3 nitrogen and oxygen atoms in total. The first-order valence-electron chi connectivity index (χ1n) is 7.54. The van der Waals surface area contributed by atoms with Crippen molar-refractivity contribution in [3.05, 3.63) is 28.2 Å². The maximum Gasteiger partial charge on any atom is 0.0670 e. The van der Waals surface area contributed by atoms with Crippen molar-refractivity contribution in [1.29, 1.82) is 0 Å². The molecule has 0 aliphatic carbocycles. The molecule has 1 heterocycles. The Morgan fingerprint density at radius 2 is 2.25 bits per heavy atom. The van der Waals surface area contributed by atoms with Crippen molar-refractivity contribution in [2.75, 3.05) is 24.7 Å². The van der Waals surface area contributed by atoms with Gasteiger partial charge in [0.2, 0.25) is 0 Å². The Morgan fingerprint density at radius 1 is 1.45 bits per heavy atom. The predicted molar refractivity (Wildman–Crippen MR) is 88.4 cm³/mol. The summed E-state index contributed by atoms with van der Waals surface area (Å²) in [5.41, 5.74) is 8.82. The van der Waals surface area contributed by atoms with Crippen LogP contribution in [0.4, 0.5) is 5.69 Å². The summed E-state index contributed by atoms with van der Waals surface area (Å²) in [6, 6.07) is 7.25. The number of hydrogen-bond acceptors (Lipinski definition) is 3. The van der Waals surface area contributed by atoms with E-state index in [9.17, 15) is 0 Å². The number of nitrogens with zero attached hydrogens (tertiary/aromatic N) is 1. The van der Waals surface area contributed by atoms with E-state index in [-0.39, 0.29) is 6.04 Å². The molecule has 20 heavy (non-hydrogen) atoms. The van der Waals surface area contributed by atoms with Gasteiger partial charge in [-0.25, -0.2) is 0 Å². The van der Waals surface area contributed by atoms with Gasteiger partial charge in [0.1, 0.15) is 0 Å². The summed E-state index contributed by atoms with van der Waals surface area (Å²) < 4.78 is 6.75. The molecule has 0 radical (unpaired) electrons. The Labute approximate surface area is 130 Å². The van der Waals surface area contributed by atoms with Gasteiger partial charge >= 0.3 is 0 Å². The van der Waals surface area contributed by atoms with Gasteiger partial charge < -0.3 is 15.4 Å². The zero-order chi connectivity index (χ0) is 14.5. The van der Waals surface area contributed by atoms with Gasteiger partial charge in [-0.15, -0.1) is 0 Å².